The lowest BCUT2D eigenvalue weighted by atomic mass is 10.0. The number of piperidine rings is 1. The number of carbonyl (C=O) groups is 1. The van der Waals surface area contributed by atoms with Crippen LogP contribution in [-0.4, -0.2) is 59.0 Å². The van der Waals surface area contributed by atoms with Crippen molar-refractivity contribution in [2.24, 2.45) is 0 Å². The summed E-state index contributed by atoms with van der Waals surface area (Å²) in [5.74, 6) is 1.60. The molecule has 1 saturated heterocycles. The minimum absolute atomic E-state index is 0.0494. The molecular formula is C17H22N6O2. The van der Waals surface area contributed by atoms with Crippen molar-refractivity contribution in [1.82, 2.24) is 19.9 Å². The normalized spacial score (nSPS) is 15.0. The van der Waals surface area contributed by atoms with Crippen LogP contribution in [0.3, 0.4) is 0 Å². The lowest BCUT2D eigenvalue weighted by Gasteiger charge is -2.32. The molecule has 3 heterocycles. The zero-order valence-corrected chi connectivity index (χ0v) is 14.4. The maximum absolute atomic E-state index is 12.5. The summed E-state index contributed by atoms with van der Waals surface area (Å²) in [6.45, 7) is 1.34. The van der Waals surface area contributed by atoms with Gasteiger partial charge in [0.15, 0.2) is 0 Å². The van der Waals surface area contributed by atoms with E-state index >= 15 is 0 Å². The van der Waals surface area contributed by atoms with Crippen LogP contribution >= 0.6 is 0 Å². The molecular weight excluding hydrogens is 320 g/mol. The number of likely N-dealkylation sites (tertiary alicyclic amines) is 1. The van der Waals surface area contributed by atoms with Gasteiger partial charge in [0.1, 0.15) is 18.0 Å². The van der Waals surface area contributed by atoms with Crippen LogP contribution in [0.15, 0.2) is 35.5 Å². The summed E-state index contributed by atoms with van der Waals surface area (Å²) in [4.78, 5) is 38.3. The van der Waals surface area contributed by atoms with Crippen molar-refractivity contribution in [3.63, 3.8) is 0 Å². The minimum Gasteiger partial charge on any atom is -0.367 e. The Kier molecular flexibility index (Phi) is 4.97. The average molecular weight is 342 g/mol. The third-order valence-electron chi connectivity index (χ3n) is 4.28. The monoisotopic (exact) mass is 342 g/mol. The average Bonchev–Trinajstić information content (AvgIpc) is 2.63. The first-order valence-electron chi connectivity index (χ1n) is 8.27. The third-order valence-corrected chi connectivity index (χ3v) is 4.28. The number of hydrogen-bond donors (Lipinski definition) is 2. The molecule has 1 aliphatic rings. The van der Waals surface area contributed by atoms with Gasteiger partial charge in [0.25, 0.3) is 5.91 Å². The van der Waals surface area contributed by atoms with E-state index in [1.807, 2.05) is 30.0 Å². The van der Waals surface area contributed by atoms with Gasteiger partial charge in [-0.2, -0.15) is 0 Å². The quantitative estimate of drug-likeness (QED) is 0.859. The molecule has 0 unspecified atom stereocenters. The van der Waals surface area contributed by atoms with Crippen LogP contribution in [0.4, 0.5) is 11.6 Å². The molecule has 1 amide bonds. The van der Waals surface area contributed by atoms with E-state index in [1.54, 1.807) is 12.4 Å². The summed E-state index contributed by atoms with van der Waals surface area (Å²) in [6, 6.07) is 5.12. The van der Waals surface area contributed by atoms with E-state index in [9.17, 15) is 9.59 Å². The summed E-state index contributed by atoms with van der Waals surface area (Å²) in [6.07, 6.45) is 4.71. The fourth-order valence-corrected chi connectivity index (χ4v) is 2.83. The number of H-pyrrole nitrogens is 1. The van der Waals surface area contributed by atoms with Crippen LogP contribution < -0.4 is 15.8 Å². The molecule has 0 aromatic carbocycles. The SMILES string of the molecule is CN(C)c1cc(NC2CCN(C(=O)c3ccc(=O)[nH]c3)CC2)ncn1. The molecule has 2 N–H and O–H groups in total. The maximum Gasteiger partial charge on any atom is 0.255 e. The molecule has 25 heavy (non-hydrogen) atoms. The number of hydrogen-bond acceptors (Lipinski definition) is 6. The van der Waals surface area contributed by atoms with E-state index in [-0.39, 0.29) is 17.5 Å². The standard InChI is InChI=1S/C17H22N6O2/c1-22(2)15-9-14(19-11-20-15)21-13-5-7-23(8-6-13)17(25)12-3-4-16(24)18-10-12/h3-4,9-11,13H,5-8H2,1-2H3,(H,18,24)(H,19,20,21). The van der Waals surface area contributed by atoms with Crippen LogP contribution in [0, 0.1) is 0 Å². The molecule has 0 atom stereocenters. The van der Waals surface area contributed by atoms with Crippen molar-refractivity contribution < 1.29 is 4.79 Å². The number of anilines is 2. The topological polar surface area (TPSA) is 94.2 Å². The van der Waals surface area contributed by atoms with Crippen LogP contribution in [-0.2, 0) is 0 Å². The summed E-state index contributed by atoms with van der Waals surface area (Å²) in [5, 5.41) is 3.42. The molecule has 8 nitrogen and oxygen atoms in total. The number of amides is 1. The van der Waals surface area contributed by atoms with Gasteiger partial charge in [0, 0.05) is 51.6 Å². The van der Waals surface area contributed by atoms with Gasteiger partial charge in [-0.1, -0.05) is 0 Å². The molecule has 0 spiro atoms. The Morgan fingerprint density at radius 1 is 1.28 bits per heavy atom. The fraction of sp³-hybridized carbons (Fsp3) is 0.412. The van der Waals surface area contributed by atoms with E-state index in [0.29, 0.717) is 18.7 Å². The van der Waals surface area contributed by atoms with Crippen molar-refractivity contribution >= 4 is 17.5 Å². The largest absolute Gasteiger partial charge is 0.367 e. The van der Waals surface area contributed by atoms with Gasteiger partial charge in [0.05, 0.1) is 5.56 Å². The second kappa shape index (κ2) is 7.33. The molecule has 2 aromatic heterocycles. The summed E-state index contributed by atoms with van der Waals surface area (Å²) >= 11 is 0. The molecule has 0 radical (unpaired) electrons. The van der Waals surface area contributed by atoms with Crippen LogP contribution in [0.2, 0.25) is 0 Å². The second-order valence-electron chi connectivity index (χ2n) is 6.31. The van der Waals surface area contributed by atoms with E-state index in [0.717, 1.165) is 24.5 Å². The predicted molar refractivity (Wildman–Crippen MR) is 96.0 cm³/mol. The first kappa shape index (κ1) is 16.9. The highest BCUT2D eigenvalue weighted by Crippen LogP contribution is 2.18. The summed E-state index contributed by atoms with van der Waals surface area (Å²) in [5.41, 5.74) is 0.304. The van der Waals surface area contributed by atoms with Gasteiger partial charge in [-0.05, 0) is 18.9 Å². The van der Waals surface area contributed by atoms with Crippen LogP contribution in [0.25, 0.3) is 0 Å². The van der Waals surface area contributed by atoms with Gasteiger partial charge in [-0.25, -0.2) is 9.97 Å². The molecule has 1 aliphatic heterocycles. The predicted octanol–water partition coefficient (Wildman–Crippen LogP) is 0.948. The first-order valence-corrected chi connectivity index (χ1v) is 8.27. The Morgan fingerprint density at radius 2 is 2.04 bits per heavy atom. The number of aromatic nitrogens is 3. The number of nitrogens with zero attached hydrogens (tertiary/aromatic N) is 4. The van der Waals surface area contributed by atoms with Gasteiger partial charge in [-0.3, -0.25) is 9.59 Å². The molecule has 2 aromatic rings. The molecule has 0 saturated carbocycles. The van der Waals surface area contributed by atoms with Gasteiger partial charge in [0.2, 0.25) is 5.56 Å². The van der Waals surface area contributed by atoms with Crippen molar-refractivity contribution in [1.29, 1.82) is 0 Å². The number of nitrogens with one attached hydrogen (secondary N) is 2. The number of aromatic amines is 1. The van der Waals surface area contributed by atoms with Gasteiger partial charge < -0.3 is 20.1 Å². The Morgan fingerprint density at radius 3 is 2.68 bits per heavy atom. The van der Waals surface area contributed by atoms with Crippen LogP contribution in [0.1, 0.15) is 23.2 Å². The van der Waals surface area contributed by atoms with Gasteiger partial charge >= 0.3 is 0 Å². The smallest absolute Gasteiger partial charge is 0.255 e. The number of rotatable bonds is 4. The summed E-state index contributed by atoms with van der Waals surface area (Å²) in [7, 11) is 3.88. The maximum atomic E-state index is 12.5. The number of carbonyl (C=O) groups excluding carboxylic acids is 1. The second-order valence-corrected chi connectivity index (χ2v) is 6.31. The van der Waals surface area contributed by atoms with E-state index in [2.05, 4.69) is 20.3 Å². The first-order chi connectivity index (χ1) is 12.0. The lowest BCUT2D eigenvalue weighted by molar-refractivity contribution is 0.0718. The Balaban J connectivity index is 1.56. The third kappa shape index (κ3) is 4.14. The Hall–Kier alpha value is -2.90. The zero-order valence-electron chi connectivity index (χ0n) is 14.4. The molecule has 3 rings (SSSR count). The minimum atomic E-state index is -0.207. The highest BCUT2D eigenvalue weighted by molar-refractivity contribution is 5.93. The van der Waals surface area contributed by atoms with E-state index in [4.69, 9.17) is 0 Å². The number of pyridine rings is 1. The summed E-state index contributed by atoms with van der Waals surface area (Å²) < 4.78 is 0. The van der Waals surface area contributed by atoms with Crippen molar-refractivity contribution in [3.05, 3.63) is 46.6 Å². The highest BCUT2D eigenvalue weighted by atomic mass is 16.2. The molecule has 0 bridgehead atoms. The van der Waals surface area contributed by atoms with E-state index < -0.39 is 0 Å². The Labute approximate surface area is 145 Å². The molecule has 8 heteroatoms. The Bertz CT molecular complexity index is 775. The lowest BCUT2D eigenvalue weighted by Crippen LogP contribution is -2.42. The van der Waals surface area contributed by atoms with Gasteiger partial charge in [-0.15, -0.1) is 0 Å². The highest BCUT2D eigenvalue weighted by Gasteiger charge is 2.24. The van der Waals surface area contributed by atoms with Crippen molar-refractivity contribution in [3.8, 4) is 0 Å². The van der Waals surface area contributed by atoms with Crippen molar-refractivity contribution in [2.75, 3.05) is 37.4 Å². The van der Waals surface area contributed by atoms with E-state index in [1.165, 1.54) is 12.3 Å². The van der Waals surface area contributed by atoms with Crippen LogP contribution in [0.5, 0.6) is 0 Å². The molecule has 132 valence electrons. The molecule has 0 aliphatic carbocycles. The zero-order chi connectivity index (χ0) is 17.8. The van der Waals surface area contributed by atoms with Crippen molar-refractivity contribution in [2.45, 2.75) is 18.9 Å². The molecule has 1 fully saturated rings. The fourth-order valence-electron chi connectivity index (χ4n) is 2.83.